The Bertz CT molecular complexity index is 549. The Morgan fingerprint density at radius 1 is 1.17 bits per heavy atom. The molecule has 0 N–H and O–H groups in total. The molecule has 0 atom stereocenters. The fourth-order valence-corrected chi connectivity index (χ4v) is 2.16. The minimum atomic E-state index is -4.53. The number of ketones is 1. The lowest BCUT2D eigenvalue weighted by Gasteiger charge is -2.20. The van der Waals surface area contributed by atoms with Crippen LogP contribution in [0.25, 0.3) is 0 Å². The predicted octanol–water partition coefficient (Wildman–Crippen LogP) is 2.40. The molecule has 18 heavy (non-hydrogen) atoms. The second-order valence-electron chi connectivity index (χ2n) is 4.31. The van der Waals surface area contributed by atoms with E-state index in [1.165, 1.54) is 6.07 Å². The van der Waals surface area contributed by atoms with Crippen molar-refractivity contribution in [3.8, 4) is 0 Å². The molecule has 0 saturated heterocycles. The van der Waals surface area contributed by atoms with Crippen molar-refractivity contribution in [3.63, 3.8) is 0 Å². The molecule has 2 rings (SSSR count). The first-order valence-corrected chi connectivity index (χ1v) is 5.25. The van der Waals surface area contributed by atoms with E-state index in [-0.39, 0.29) is 11.3 Å². The van der Waals surface area contributed by atoms with Gasteiger partial charge in [0.25, 0.3) is 11.7 Å². The summed E-state index contributed by atoms with van der Waals surface area (Å²) < 4.78 is 37.2. The Kier molecular flexibility index (Phi) is 2.68. The lowest BCUT2D eigenvalue weighted by atomic mass is 10.0. The highest BCUT2D eigenvalue weighted by molar-refractivity contribution is 6.52. The normalized spacial score (nSPS) is 15.3. The first-order valence-electron chi connectivity index (χ1n) is 5.25. The summed E-state index contributed by atoms with van der Waals surface area (Å²) in [6.07, 6.45) is -4.53. The van der Waals surface area contributed by atoms with E-state index in [0.29, 0.717) is 10.5 Å². The van der Waals surface area contributed by atoms with Crippen LogP contribution in [0.1, 0.15) is 21.5 Å². The van der Waals surface area contributed by atoms with Gasteiger partial charge in [0.05, 0.1) is 11.3 Å². The third kappa shape index (κ3) is 1.98. The van der Waals surface area contributed by atoms with Gasteiger partial charge in [0, 0.05) is 0 Å². The summed E-state index contributed by atoms with van der Waals surface area (Å²) in [5.41, 5.74) is 1.37. The van der Waals surface area contributed by atoms with Crippen LogP contribution in [0, 0.1) is 13.8 Å². The van der Waals surface area contributed by atoms with Gasteiger partial charge in [0.15, 0.2) is 0 Å². The van der Waals surface area contributed by atoms with Crippen molar-refractivity contribution >= 4 is 17.4 Å². The van der Waals surface area contributed by atoms with Crippen LogP contribution >= 0.6 is 0 Å². The minimum absolute atomic E-state index is 0.0572. The summed E-state index contributed by atoms with van der Waals surface area (Å²) >= 11 is 0. The molecule has 3 nitrogen and oxygen atoms in total. The molecule has 0 fully saturated rings. The number of carbonyl (C=O) groups excluding carboxylic acids is 2. The number of aryl methyl sites for hydroxylation is 2. The van der Waals surface area contributed by atoms with Gasteiger partial charge in [-0.25, -0.2) is 0 Å². The molecule has 0 radical (unpaired) electrons. The lowest BCUT2D eigenvalue weighted by Crippen LogP contribution is -2.38. The van der Waals surface area contributed by atoms with Gasteiger partial charge in [0.2, 0.25) is 0 Å². The van der Waals surface area contributed by atoms with Crippen molar-refractivity contribution in [2.75, 3.05) is 11.4 Å². The number of rotatable bonds is 1. The Morgan fingerprint density at radius 3 is 2.33 bits per heavy atom. The maximum Gasteiger partial charge on any atom is 0.406 e. The fourth-order valence-electron chi connectivity index (χ4n) is 2.16. The molecule has 0 unspecified atom stereocenters. The predicted molar refractivity (Wildman–Crippen MR) is 58.7 cm³/mol. The van der Waals surface area contributed by atoms with E-state index >= 15 is 0 Å². The van der Waals surface area contributed by atoms with Crippen LogP contribution in [-0.4, -0.2) is 24.4 Å². The van der Waals surface area contributed by atoms with Crippen molar-refractivity contribution in [2.45, 2.75) is 20.0 Å². The first kappa shape index (κ1) is 12.6. The summed E-state index contributed by atoms with van der Waals surface area (Å²) in [7, 11) is 0. The molecular weight excluding hydrogens is 247 g/mol. The quantitative estimate of drug-likeness (QED) is 0.724. The van der Waals surface area contributed by atoms with Gasteiger partial charge in [-0.15, -0.1) is 0 Å². The Labute approximate surface area is 101 Å². The second-order valence-corrected chi connectivity index (χ2v) is 4.31. The molecule has 1 aromatic rings. The van der Waals surface area contributed by atoms with Crippen LogP contribution in [0.4, 0.5) is 18.9 Å². The molecule has 0 aliphatic carbocycles. The van der Waals surface area contributed by atoms with E-state index < -0.39 is 24.4 Å². The van der Waals surface area contributed by atoms with Crippen molar-refractivity contribution in [1.29, 1.82) is 0 Å². The van der Waals surface area contributed by atoms with Crippen molar-refractivity contribution in [2.24, 2.45) is 0 Å². The van der Waals surface area contributed by atoms with Crippen molar-refractivity contribution < 1.29 is 22.8 Å². The number of alkyl halides is 3. The summed E-state index contributed by atoms with van der Waals surface area (Å²) in [4.78, 5) is 23.7. The molecule has 6 heteroatoms. The van der Waals surface area contributed by atoms with Gasteiger partial charge in [-0.3, -0.25) is 14.5 Å². The van der Waals surface area contributed by atoms with Crippen LogP contribution in [0.5, 0.6) is 0 Å². The molecule has 1 amide bonds. The Balaban J connectivity index is 2.55. The van der Waals surface area contributed by atoms with Crippen LogP contribution in [-0.2, 0) is 4.79 Å². The number of carbonyl (C=O) groups is 2. The maximum atomic E-state index is 12.4. The molecule has 1 aliphatic heterocycles. The van der Waals surface area contributed by atoms with E-state index in [4.69, 9.17) is 0 Å². The van der Waals surface area contributed by atoms with E-state index in [2.05, 4.69) is 0 Å². The van der Waals surface area contributed by atoms with Crippen molar-refractivity contribution in [3.05, 3.63) is 28.8 Å². The molecule has 0 saturated carbocycles. The number of benzene rings is 1. The van der Waals surface area contributed by atoms with Gasteiger partial charge in [-0.05, 0) is 31.0 Å². The van der Waals surface area contributed by atoms with E-state index in [1.54, 1.807) is 19.9 Å². The van der Waals surface area contributed by atoms with E-state index in [1.807, 2.05) is 0 Å². The standard InChI is InChI=1S/C12H10F3NO2/c1-6-3-7(2)9-8(4-6)10(17)11(18)16(9)5-12(13,14)15/h3-4H,5H2,1-2H3. The lowest BCUT2D eigenvalue weighted by molar-refractivity contribution is -0.129. The van der Waals surface area contributed by atoms with E-state index in [9.17, 15) is 22.8 Å². The number of Topliss-reactive ketones (excluding diaryl/α,β-unsaturated/α-hetero) is 1. The fraction of sp³-hybridized carbons (Fsp3) is 0.333. The highest BCUT2D eigenvalue weighted by Gasteiger charge is 2.43. The molecule has 96 valence electrons. The maximum absolute atomic E-state index is 12.4. The van der Waals surface area contributed by atoms with E-state index in [0.717, 1.165) is 5.56 Å². The average Bonchev–Trinajstić information content (AvgIpc) is 2.42. The number of fused-ring (bicyclic) bond motifs is 1. The van der Waals surface area contributed by atoms with Crippen LogP contribution in [0.15, 0.2) is 12.1 Å². The van der Waals surface area contributed by atoms with Crippen LogP contribution in [0.2, 0.25) is 0 Å². The third-order valence-electron chi connectivity index (χ3n) is 2.74. The zero-order valence-electron chi connectivity index (χ0n) is 9.76. The zero-order valence-corrected chi connectivity index (χ0v) is 9.76. The second kappa shape index (κ2) is 3.83. The Morgan fingerprint density at radius 2 is 1.78 bits per heavy atom. The zero-order chi connectivity index (χ0) is 13.7. The summed E-state index contributed by atoms with van der Waals surface area (Å²) in [5.74, 6) is -1.99. The number of amides is 1. The highest BCUT2D eigenvalue weighted by Crippen LogP contribution is 2.35. The van der Waals surface area contributed by atoms with Crippen LogP contribution < -0.4 is 4.90 Å². The Hall–Kier alpha value is -1.85. The average molecular weight is 257 g/mol. The molecule has 1 aliphatic rings. The molecule has 0 bridgehead atoms. The van der Waals surface area contributed by atoms with Gasteiger partial charge < -0.3 is 0 Å². The number of hydrogen-bond acceptors (Lipinski definition) is 2. The first-order chi connectivity index (χ1) is 8.20. The van der Waals surface area contributed by atoms with Gasteiger partial charge in [-0.1, -0.05) is 6.07 Å². The summed E-state index contributed by atoms with van der Waals surface area (Å²) in [6.45, 7) is 1.87. The SMILES string of the molecule is Cc1cc(C)c2c(c1)C(=O)C(=O)N2CC(F)(F)F. The molecular formula is C12H10F3NO2. The number of halogens is 3. The third-order valence-corrected chi connectivity index (χ3v) is 2.74. The van der Waals surface area contributed by atoms with Gasteiger partial charge in [0.1, 0.15) is 6.54 Å². The number of anilines is 1. The molecule has 1 heterocycles. The van der Waals surface area contributed by atoms with Crippen molar-refractivity contribution in [1.82, 2.24) is 0 Å². The monoisotopic (exact) mass is 257 g/mol. The number of hydrogen-bond donors (Lipinski definition) is 0. The topological polar surface area (TPSA) is 37.4 Å². The highest BCUT2D eigenvalue weighted by atomic mass is 19.4. The largest absolute Gasteiger partial charge is 0.406 e. The molecule has 0 spiro atoms. The summed E-state index contributed by atoms with van der Waals surface area (Å²) in [5, 5.41) is 0. The smallest absolute Gasteiger partial charge is 0.295 e. The van der Waals surface area contributed by atoms with Gasteiger partial charge in [-0.2, -0.15) is 13.2 Å². The van der Waals surface area contributed by atoms with Gasteiger partial charge >= 0.3 is 6.18 Å². The molecule has 0 aromatic heterocycles. The number of nitrogens with zero attached hydrogens (tertiary/aromatic N) is 1. The minimum Gasteiger partial charge on any atom is -0.295 e. The van der Waals surface area contributed by atoms with Crippen LogP contribution in [0.3, 0.4) is 0 Å². The summed E-state index contributed by atoms with van der Waals surface area (Å²) in [6, 6.07) is 3.09. The molecule has 1 aromatic carbocycles.